The van der Waals surface area contributed by atoms with Crippen molar-refractivity contribution in [1.82, 2.24) is 10.2 Å². The van der Waals surface area contributed by atoms with Crippen LogP contribution in [0, 0.1) is 18.3 Å². The van der Waals surface area contributed by atoms with E-state index in [1.807, 2.05) is 0 Å². The van der Waals surface area contributed by atoms with Crippen LogP contribution in [0.1, 0.15) is 19.3 Å². The second-order valence-corrected chi connectivity index (χ2v) is 5.07. The van der Waals surface area contributed by atoms with Gasteiger partial charge >= 0.3 is 6.18 Å². The number of alkyl halides is 3. The van der Waals surface area contributed by atoms with Gasteiger partial charge in [-0.05, 0) is 32.4 Å². The zero-order valence-electron chi connectivity index (χ0n) is 11.9. The highest BCUT2D eigenvalue weighted by atomic mass is 19.4. The van der Waals surface area contributed by atoms with Crippen molar-refractivity contribution in [2.45, 2.75) is 25.4 Å². The lowest BCUT2D eigenvalue weighted by molar-refractivity contribution is -0.174. The molecular weight excluding hydrogens is 285 g/mol. The summed E-state index contributed by atoms with van der Waals surface area (Å²) in [5, 5.41) is 2.74. The molecule has 21 heavy (non-hydrogen) atoms. The molecule has 1 aliphatic rings. The first-order valence-corrected chi connectivity index (χ1v) is 7.00. The molecule has 0 spiro atoms. The number of nitrogens with zero attached hydrogens (tertiary/aromatic N) is 1. The zero-order chi connectivity index (χ0) is 15.7. The van der Waals surface area contributed by atoms with Gasteiger partial charge in [0.15, 0.2) is 0 Å². The second kappa shape index (κ2) is 8.90. The first kappa shape index (κ1) is 17.8. The summed E-state index contributed by atoms with van der Waals surface area (Å²) in [7, 11) is 0. The molecule has 0 aromatic heterocycles. The molecule has 1 aliphatic heterocycles. The molecule has 0 saturated carbocycles. The lowest BCUT2D eigenvalue weighted by atomic mass is 9.96. The molecule has 0 aromatic rings. The Morgan fingerprint density at radius 1 is 1.38 bits per heavy atom. The molecule has 1 rings (SSSR count). The predicted octanol–water partition coefficient (Wildman–Crippen LogP) is 1.42. The van der Waals surface area contributed by atoms with Gasteiger partial charge in [0.1, 0.15) is 6.61 Å². The number of rotatable bonds is 7. The summed E-state index contributed by atoms with van der Waals surface area (Å²) in [5.41, 5.74) is 0. The molecule has 0 bridgehead atoms. The molecule has 0 radical (unpaired) electrons. The summed E-state index contributed by atoms with van der Waals surface area (Å²) in [6, 6.07) is 0. The minimum absolute atomic E-state index is 0.0135. The van der Waals surface area contributed by atoms with Gasteiger partial charge in [0, 0.05) is 19.1 Å². The predicted molar refractivity (Wildman–Crippen MR) is 72.5 cm³/mol. The minimum Gasteiger partial charge on any atom is -0.372 e. The molecule has 0 aliphatic carbocycles. The first-order valence-electron chi connectivity index (χ1n) is 7.00. The van der Waals surface area contributed by atoms with Crippen molar-refractivity contribution in [3.05, 3.63) is 0 Å². The maximum atomic E-state index is 11.9. The minimum atomic E-state index is -4.30. The fourth-order valence-electron chi connectivity index (χ4n) is 2.20. The highest BCUT2D eigenvalue weighted by Gasteiger charge is 2.27. The number of hydrogen-bond acceptors (Lipinski definition) is 3. The first-order chi connectivity index (χ1) is 9.92. The topological polar surface area (TPSA) is 41.6 Å². The standard InChI is InChI=1S/C14H21F3N2O2/c1-2-7-19-8-4-12(5-9-19)13(20)18-6-3-10-21-11-14(15,16)17/h1,12H,3-11H2,(H,18,20). The Kier molecular flexibility index (Phi) is 7.54. The lowest BCUT2D eigenvalue weighted by Crippen LogP contribution is -2.41. The maximum absolute atomic E-state index is 11.9. The lowest BCUT2D eigenvalue weighted by Gasteiger charge is -2.29. The van der Waals surface area contributed by atoms with E-state index >= 15 is 0 Å². The number of carbonyl (C=O) groups excluding carboxylic acids is 1. The smallest absolute Gasteiger partial charge is 0.372 e. The number of hydrogen-bond donors (Lipinski definition) is 1. The molecule has 0 unspecified atom stereocenters. The molecule has 4 nitrogen and oxygen atoms in total. The number of piperidine rings is 1. The van der Waals surface area contributed by atoms with Crippen molar-refractivity contribution < 1.29 is 22.7 Å². The van der Waals surface area contributed by atoms with E-state index in [2.05, 4.69) is 20.9 Å². The molecule has 7 heteroatoms. The van der Waals surface area contributed by atoms with Crippen molar-refractivity contribution in [2.24, 2.45) is 5.92 Å². The summed E-state index contributed by atoms with van der Waals surface area (Å²) in [6.07, 6.45) is 2.83. The number of terminal acetylenes is 1. The van der Waals surface area contributed by atoms with Gasteiger partial charge in [-0.25, -0.2) is 0 Å². The summed E-state index contributed by atoms with van der Waals surface area (Å²) in [5.74, 6) is 2.51. The molecule has 1 heterocycles. The summed E-state index contributed by atoms with van der Waals surface area (Å²) in [4.78, 5) is 14.0. The van der Waals surface area contributed by atoms with Gasteiger partial charge in [-0.3, -0.25) is 9.69 Å². The number of likely N-dealkylation sites (tertiary alicyclic amines) is 1. The summed E-state index contributed by atoms with van der Waals surface area (Å²) >= 11 is 0. The third kappa shape index (κ3) is 7.93. The van der Waals surface area contributed by atoms with Crippen LogP contribution in [0.25, 0.3) is 0 Å². The van der Waals surface area contributed by atoms with Gasteiger partial charge in [0.25, 0.3) is 0 Å². The Morgan fingerprint density at radius 3 is 2.62 bits per heavy atom. The van der Waals surface area contributed by atoms with E-state index in [-0.39, 0.29) is 18.4 Å². The fraction of sp³-hybridized carbons (Fsp3) is 0.786. The van der Waals surface area contributed by atoms with Crippen LogP contribution >= 0.6 is 0 Å². The molecular formula is C14H21F3N2O2. The van der Waals surface area contributed by atoms with Crippen LogP contribution in [-0.4, -0.2) is 56.4 Å². The van der Waals surface area contributed by atoms with Gasteiger partial charge in [-0.1, -0.05) is 5.92 Å². The second-order valence-electron chi connectivity index (χ2n) is 5.07. The van der Waals surface area contributed by atoms with Crippen molar-refractivity contribution in [3.8, 4) is 12.3 Å². The third-order valence-corrected chi connectivity index (χ3v) is 3.30. The Morgan fingerprint density at radius 2 is 2.05 bits per heavy atom. The number of nitrogens with one attached hydrogen (secondary N) is 1. The quantitative estimate of drug-likeness (QED) is 0.571. The molecule has 1 saturated heterocycles. The molecule has 120 valence electrons. The van der Waals surface area contributed by atoms with Crippen molar-refractivity contribution in [2.75, 3.05) is 39.4 Å². The number of halogens is 3. The van der Waals surface area contributed by atoms with Gasteiger partial charge < -0.3 is 10.1 Å². The van der Waals surface area contributed by atoms with E-state index in [4.69, 9.17) is 6.42 Å². The van der Waals surface area contributed by atoms with E-state index < -0.39 is 12.8 Å². The average Bonchev–Trinajstić information content (AvgIpc) is 2.42. The van der Waals surface area contributed by atoms with Crippen LogP contribution in [0.4, 0.5) is 13.2 Å². The maximum Gasteiger partial charge on any atom is 0.411 e. The van der Waals surface area contributed by atoms with Crippen molar-refractivity contribution >= 4 is 5.91 Å². The van der Waals surface area contributed by atoms with Crippen molar-refractivity contribution in [3.63, 3.8) is 0 Å². The van der Waals surface area contributed by atoms with E-state index in [0.29, 0.717) is 19.5 Å². The molecule has 1 fully saturated rings. The molecule has 1 amide bonds. The van der Waals surface area contributed by atoms with E-state index in [1.54, 1.807) is 0 Å². The molecule has 0 aromatic carbocycles. The summed E-state index contributed by atoms with van der Waals surface area (Å²) in [6.45, 7) is 1.29. The van der Waals surface area contributed by atoms with Crippen LogP contribution < -0.4 is 5.32 Å². The van der Waals surface area contributed by atoms with Gasteiger partial charge in [0.05, 0.1) is 6.54 Å². The average molecular weight is 306 g/mol. The van der Waals surface area contributed by atoms with Gasteiger partial charge in [-0.15, -0.1) is 6.42 Å². The Balaban J connectivity index is 2.06. The Bertz CT molecular complexity index is 358. The number of amides is 1. The van der Waals surface area contributed by atoms with E-state index in [9.17, 15) is 18.0 Å². The summed E-state index contributed by atoms with van der Waals surface area (Å²) < 4.78 is 39.9. The SMILES string of the molecule is C#CCN1CCC(C(=O)NCCCOCC(F)(F)F)CC1. The van der Waals surface area contributed by atoms with Gasteiger partial charge in [0.2, 0.25) is 5.91 Å². The zero-order valence-corrected chi connectivity index (χ0v) is 11.9. The number of ether oxygens (including phenoxy) is 1. The third-order valence-electron chi connectivity index (χ3n) is 3.30. The van der Waals surface area contributed by atoms with E-state index in [1.165, 1.54) is 0 Å². The van der Waals surface area contributed by atoms with Crippen LogP contribution in [-0.2, 0) is 9.53 Å². The van der Waals surface area contributed by atoms with Crippen LogP contribution in [0.2, 0.25) is 0 Å². The largest absolute Gasteiger partial charge is 0.411 e. The molecule has 0 atom stereocenters. The molecule has 1 N–H and O–H groups in total. The monoisotopic (exact) mass is 306 g/mol. The van der Waals surface area contributed by atoms with E-state index in [0.717, 1.165) is 25.9 Å². The highest BCUT2D eigenvalue weighted by Crippen LogP contribution is 2.17. The van der Waals surface area contributed by atoms with Gasteiger partial charge in [-0.2, -0.15) is 13.2 Å². The Labute approximate surface area is 123 Å². The fourth-order valence-corrected chi connectivity index (χ4v) is 2.20. The van der Waals surface area contributed by atoms with Crippen molar-refractivity contribution in [1.29, 1.82) is 0 Å². The Hall–Kier alpha value is -1.26. The number of carbonyl (C=O) groups is 1. The van der Waals surface area contributed by atoms with Crippen LogP contribution in [0.5, 0.6) is 0 Å². The highest BCUT2D eigenvalue weighted by molar-refractivity contribution is 5.78. The van der Waals surface area contributed by atoms with Crippen LogP contribution in [0.15, 0.2) is 0 Å². The van der Waals surface area contributed by atoms with Crippen LogP contribution in [0.3, 0.4) is 0 Å². The normalized spacial score (nSPS) is 17.4.